The Labute approximate surface area is 175 Å². The maximum absolute atomic E-state index is 12.5. The van der Waals surface area contributed by atoms with Crippen LogP contribution in [0.5, 0.6) is 0 Å². The Balaban J connectivity index is 1.36. The number of benzene rings is 1. The van der Waals surface area contributed by atoms with E-state index >= 15 is 0 Å². The number of aryl methyl sites for hydroxylation is 3. The van der Waals surface area contributed by atoms with E-state index in [4.69, 9.17) is 0 Å². The zero-order valence-electron chi connectivity index (χ0n) is 17.6. The lowest BCUT2D eigenvalue weighted by molar-refractivity contribution is -0.122. The van der Waals surface area contributed by atoms with E-state index in [2.05, 4.69) is 33.7 Å². The molecule has 0 saturated carbocycles. The minimum absolute atomic E-state index is 0.0513. The molecule has 8 nitrogen and oxygen atoms in total. The second kappa shape index (κ2) is 8.69. The smallest absolute Gasteiger partial charge is 0.346 e. The summed E-state index contributed by atoms with van der Waals surface area (Å²) in [6.07, 6.45) is 3.93. The van der Waals surface area contributed by atoms with Crippen LogP contribution in [0, 0.1) is 13.8 Å². The number of hydrogen-bond acceptors (Lipinski definition) is 4. The Kier molecular flexibility index (Phi) is 5.83. The van der Waals surface area contributed by atoms with Gasteiger partial charge in [-0.3, -0.25) is 14.0 Å². The van der Waals surface area contributed by atoms with Crippen LogP contribution in [0.25, 0.3) is 0 Å². The third-order valence-corrected chi connectivity index (χ3v) is 5.49. The first-order valence-electron chi connectivity index (χ1n) is 10.5. The van der Waals surface area contributed by atoms with E-state index in [9.17, 15) is 9.59 Å². The first-order chi connectivity index (χ1) is 14.5. The standard InChI is InChI=1S/C22H28N6O2/c1-16-11-17(2)27(24-16)14-19-8-6-7-18(12-19)13-23-21(29)15-28-22(30)26-10-5-3-4-9-20(26)25-28/h6-8,11-12H,3-5,9-10,13-15H2,1-2H3,(H,23,29). The predicted molar refractivity (Wildman–Crippen MR) is 113 cm³/mol. The highest BCUT2D eigenvalue weighted by atomic mass is 16.2. The summed E-state index contributed by atoms with van der Waals surface area (Å²) in [5, 5.41) is 11.8. The largest absolute Gasteiger partial charge is 0.350 e. The molecule has 0 radical (unpaired) electrons. The van der Waals surface area contributed by atoms with Crippen molar-refractivity contribution in [1.29, 1.82) is 0 Å². The SMILES string of the molecule is Cc1cc(C)n(Cc2cccc(CNC(=O)Cn3nc4n(c3=O)CCCCC4)c2)n1. The van der Waals surface area contributed by atoms with Crippen molar-refractivity contribution in [3.8, 4) is 0 Å². The number of nitrogens with one attached hydrogen (secondary N) is 1. The average Bonchev–Trinajstić information content (AvgIpc) is 3.07. The van der Waals surface area contributed by atoms with Gasteiger partial charge in [0.25, 0.3) is 0 Å². The molecule has 3 aromatic rings. The maximum Gasteiger partial charge on any atom is 0.346 e. The van der Waals surface area contributed by atoms with Crippen molar-refractivity contribution in [2.75, 3.05) is 0 Å². The van der Waals surface area contributed by atoms with Gasteiger partial charge in [-0.2, -0.15) is 10.2 Å². The normalized spacial score (nSPS) is 13.7. The summed E-state index contributed by atoms with van der Waals surface area (Å²) in [7, 11) is 0. The lowest BCUT2D eigenvalue weighted by Gasteiger charge is -2.09. The molecule has 0 fully saturated rings. The number of hydrogen-bond donors (Lipinski definition) is 1. The van der Waals surface area contributed by atoms with Crippen molar-refractivity contribution in [2.45, 2.75) is 65.7 Å². The molecule has 4 rings (SSSR count). The lowest BCUT2D eigenvalue weighted by Crippen LogP contribution is -2.33. The van der Waals surface area contributed by atoms with Crippen LogP contribution < -0.4 is 11.0 Å². The van der Waals surface area contributed by atoms with Crippen LogP contribution in [0.3, 0.4) is 0 Å². The topological polar surface area (TPSA) is 86.7 Å². The summed E-state index contributed by atoms with van der Waals surface area (Å²) >= 11 is 0. The Morgan fingerprint density at radius 1 is 1.07 bits per heavy atom. The van der Waals surface area contributed by atoms with E-state index < -0.39 is 0 Å². The molecule has 0 saturated heterocycles. The summed E-state index contributed by atoms with van der Waals surface area (Å²) in [5.74, 6) is 0.580. The van der Waals surface area contributed by atoms with Gasteiger partial charge in [0.15, 0.2) is 0 Å². The second-order valence-corrected chi connectivity index (χ2v) is 8.00. The first kappa shape index (κ1) is 20.1. The number of carbonyl (C=O) groups excluding carboxylic acids is 1. The van der Waals surface area contributed by atoms with Gasteiger partial charge in [-0.15, -0.1) is 0 Å². The Hall–Kier alpha value is -3.16. The van der Waals surface area contributed by atoms with Crippen LogP contribution in [0.1, 0.15) is 47.6 Å². The number of fused-ring (bicyclic) bond motifs is 1. The van der Waals surface area contributed by atoms with Gasteiger partial charge in [-0.1, -0.05) is 30.7 Å². The van der Waals surface area contributed by atoms with Gasteiger partial charge in [0.05, 0.1) is 12.2 Å². The molecule has 1 aliphatic heterocycles. The Morgan fingerprint density at radius 3 is 2.70 bits per heavy atom. The molecule has 1 amide bonds. The molecule has 0 spiro atoms. The second-order valence-electron chi connectivity index (χ2n) is 8.00. The molecule has 0 atom stereocenters. The molecule has 158 valence electrons. The van der Waals surface area contributed by atoms with Gasteiger partial charge in [-0.25, -0.2) is 9.48 Å². The molecular formula is C22H28N6O2. The van der Waals surface area contributed by atoms with E-state index in [1.165, 1.54) is 4.68 Å². The van der Waals surface area contributed by atoms with E-state index in [1.54, 1.807) is 4.57 Å². The molecule has 30 heavy (non-hydrogen) atoms. The van der Waals surface area contributed by atoms with E-state index in [0.29, 0.717) is 19.6 Å². The monoisotopic (exact) mass is 408 g/mol. The third kappa shape index (κ3) is 4.53. The molecule has 1 N–H and O–H groups in total. The predicted octanol–water partition coefficient (Wildman–Crippen LogP) is 1.95. The fourth-order valence-corrected chi connectivity index (χ4v) is 3.97. The van der Waals surface area contributed by atoms with Crippen LogP contribution >= 0.6 is 0 Å². The number of aromatic nitrogens is 5. The third-order valence-electron chi connectivity index (χ3n) is 5.49. The quantitative estimate of drug-likeness (QED) is 0.675. The summed E-state index contributed by atoms with van der Waals surface area (Å²) in [6.45, 7) is 5.77. The number of carbonyl (C=O) groups is 1. The van der Waals surface area contributed by atoms with Crippen molar-refractivity contribution in [1.82, 2.24) is 29.4 Å². The van der Waals surface area contributed by atoms with Crippen LogP contribution in [-0.2, 0) is 37.4 Å². The molecule has 1 aliphatic rings. The molecule has 2 aromatic heterocycles. The van der Waals surface area contributed by atoms with Crippen molar-refractivity contribution < 1.29 is 4.79 Å². The highest BCUT2D eigenvalue weighted by Gasteiger charge is 2.17. The number of amides is 1. The highest BCUT2D eigenvalue weighted by Crippen LogP contribution is 2.11. The molecule has 0 bridgehead atoms. The van der Waals surface area contributed by atoms with E-state index in [-0.39, 0.29) is 18.1 Å². The summed E-state index contributed by atoms with van der Waals surface area (Å²) in [6, 6.07) is 10.2. The fraction of sp³-hybridized carbons (Fsp3) is 0.455. The fourth-order valence-electron chi connectivity index (χ4n) is 3.97. The molecule has 3 heterocycles. The lowest BCUT2D eigenvalue weighted by atomic mass is 10.1. The minimum atomic E-state index is -0.214. The zero-order chi connectivity index (χ0) is 21.1. The van der Waals surface area contributed by atoms with Gasteiger partial charge in [0.1, 0.15) is 12.4 Å². The first-order valence-corrected chi connectivity index (χ1v) is 10.5. The van der Waals surface area contributed by atoms with Crippen molar-refractivity contribution in [2.24, 2.45) is 0 Å². The van der Waals surface area contributed by atoms with Crippen molar-refractivity contribution in [3.05, 3.63) is 69.2 Å². The van der Waals surface area contributed by atoms with Crippen LogP contribution in [0.15, 0.2) is 35.1 Å². The Morgan fingerprint density at radius 2 is 1.90 bits per heavy atom. The van der Waals surface area contributed by atoms with E-state index in [0.717, 1.165) is 54.0 Å². The van der Waals surface area contributed by atoms with Gasteiger partial charge in [0, 0.05) is 25.2 Å². The van der Waals surface area contributed by atoms with E-state index in [1.807, 2.05) is 30.7 Å². The van der Waals surface area contributed by atoms with Crippen molar-refractivity contribution >= 4 is 5.91 Å². The average molecular weight is 409 g/mol. The summed E-state index contributed by atoms with van der Waals surface area (Å²) in [4.78, 5) is 24.9. The van der Waals surface area contributed by atoms with Crippen LogP contribution in [-0.4, -0.2) is 30.0 Å². The number of nitrogens with zero attached hydrogens (tertiary/aromatic N) is 5. The highest BCUT2D eigenvalue weighted by molar-refractivity contribution is 5.75. The van der Waals surface area contributed by atoms with Gasteiger partial charge in [-0.05, 0) is 43.9 Å². The van der Waals surface area contributed by atoms with Crippen LogP contribution in [0.2, 0.25) is 0 Å². The molecule has 8 heteroatoms. The number of rotatable bonds is 6. The van der Waals surface area contributed by atoms with Crippen LogP contribution in [0.4, 0.5) is 0 Å². The zero-order valence-corrected chi connectivity index (χ0v) is 17.6. The molecule has 0 aliphatic carbocycles. The maximum atomic E-state index is 12.5. The molecule has 0 unspecified atom stereocenters. The molecular weight excluding hydrogens is 380 g/mol. The Bertz CT molecular complexity index is 1110. The van der Waals surface area contributed by atoms with Crippen molar-refractivity contribution in [3.63, 3.8) is 0 Å². The summed E-state index contributed by atoms with van der Waals surface area (Å²) in [5.41, 5.74) is 4.07. The molecule has 1 aromatic carbocycles. The summed E-state index contributed by atoms with van der Waals surface area (Å²) < 4.78 is 4.97. The minimum Gasteiger partial charge on any atom is -0.350 e. The van der Waals surface area contributed by atoms with Gasteiger partial charge in [0.2, 0.25) is 5.91 Å². The van der Waals surface area contributed by atoms with Gasteiger partial charge >= 0.3 is 5.69 Å². The van der Waals surface area contributed by atoms with Gasteiger partial charge < -0.3 is 5.32 Å².